The Hall–Kier alpha value is -4.79. The zero-order chi connectivity index (χ0) is 31.8. The number of rotatable bonds is 8. The number of likely N-dealkylation sites (tertiary alicyclic amines) is 2. The maximum Gasteiger partial charge on any atom is 0.332 e. The van der Waals surface area contributed by atoms with Crippen LogP contribution in [0.15, 0.2) is 85.1 Å². The van der Waals surface area contributed by atoms with Crippen LogP contribution in [0.5, 0.6) is 0 Å². The molecular weight excluding hydrogens is 583 g/mol. The van der Waals surface area contributed by atoms with Crippen molar-refractivity contribution in [2.75, 3.05) is 26.7 Å². The van der Waals surface area contributed by atoms with Crippen molar-refractivity contribution in [1.29, 1.82) is 0 Å². The van der Waals surface area contributed by atoms with Gasteiger partial charge in [-0.25, -0.2) is 9.18 Å². The highest BCUT2D eigenvalue weighted by Crippen LogP contribution is 2.55. The van der Waals surface area contributed by atoms with Crippen LogP contribution in [0.4, 0.5) is 4.39 Å². The minimum absolute atomic E-state index is 0.0121. The highest BCUT2D eigenvalue weighted by Gasteiger charge is 2.64. The van der Waals surface area contributed by atoms with Gasteiger partial charge in [-0.3, -0.25) is 14.6 Å². The van der Waals surface area contributed by atoms with Crippen LogP contribution < -0.4 is 0 Å². The molecule has 0 saturated carbocycles. The summed E-state index contributed by atoms with van der Waals surface area (Å²) in [7, 11) is 1.35. The number of methoxy groups -OCH3 is 1. The van der Waals surface area contributed by atoms with E-state index in [1.54, 1.807) is 47.5 Å². The molecule has 3 atom stereocenters. The fourth-order valence-electron chi connectivity index (χ4n) is 8.00. The van der Waals surface area contributed by atoms with E-state index in [0.29, 0.717) is 37.2 Å². The Kier molecular flexibility index (Phi) is 7.92. The van der Waals surface area contributed by atoms with E-state index in [1.165, 1.54) is 19.2 Å². The van der Waals surface area contributed by atoms with Gasteiger partial charge in [-0.1, -0.05) is 36.4 Å². The van der Waals surface area contributed by atoms with Crippen molar-refractivity contribution in [1.82, 2.24) is 19.4 Å². The van der Waals surface area contributed by atoms with E-state index in [0.717, 1.165) is 48.4 Å². The number of esters is 1. The Labute approximate surface area is 267 Å². The van der Waals surface area contributed by atoms with Gasteiger partial charge in [-0.15, -0.1) is 0 Å². The van der Waals surface area contributed by atoms with Crippen LogP contribution in [0, 0.1) is 11.7 Å². The monoisotopic (exact) mass is 620 g/mol. The van der Waals surface area contributed by atoms with E-state index in [-0.39, 0.29) is 30.0 Å². The van der Waals surface area contributed by atoms with Crippen molar-refractivity contribution in [3.63, 3.8) is 0 Å². The molecule has 2 aromatic carbocycles. The number of fused-ring (bicyclic) bond motifs is 3. The van der Waals surface area contributed by atoms with Crippen LogP contribution in [0.2, 0.25) is 0 Å². The van der Waals surface area contributed by atoms with E-state index in [9.17, 15) is 18.8 Å². The Bertz CT molecular complexity index is 1750. The van der Waals surface area contributed by atoms with Crippen molar-refractivity contribution >= 4 is 17.8 Å². The first kappa shape index (κ1) is 29.9. The lowest BCUT2D eigenvalue weighted by Gasteiger charge is -2.40. The van der Waals surface area contributed by atoms with Crippen LogP contribution in [0.25, 0.3) is 0 Å². The predicted octanol–water partition coefficient (Wildman–Crippen LogP) is 5.07. The molecule has 2 aromatic heterocycles. The molecule has 2 aliphatic heterocycles. The highest BCUT2D eigenvalue weighted by atomic mass is 19.1. The molecule has 236 valence electrons. The van der Waals surface area contributed by atoms with E-state index in [1.807, 2.05) is 35.2 Å². The van der Waals surface area contributed by atoms with Gasteiger partial charge in [0.2, 0.25) is 0 Å². The van der Waals surface area contributed by atoms with Gasteiger partial charge in [0, 0.05) is 68.1 Å². The molecular formula is C37H37FN4O4. The first-order valence-corrected chi connectivity index (χ1v) is 16.0. The van der Waals surface area contributed by atoms with Crippen molar-refractivity contribution in [3.05, 3.63) is 125 Å². The molecule has 1 aliphatic carbocycles. The second-order valence-corrected chi connectivity index (χ2v) is 12.6. The molecule has 2 amide bonds. The lowest BCUT2D eigenvalue weighted by Crippen LogP contribution is -2.58. The minimum atomic E-state index is -1.41. The number of ether oxygens (including phenoxy) is 1. The van der Waals surface area contributed by atoms with Crippen molar-refractivity contribution in [2.24, 2.45) is 5.92 Å². The van der Waals surface area contributed by atoms with E-state index in [4.69, 9.17) is 4.74 Å². The SMILES string of the molecule is COC(=O)[C@@]1(Cc2ccc(F)cc2)C2c3cc(C(=O)N4CCCC4)n(CCc4ccccn4)c3CC2CN1C(=O)c1ccccc1. The summed E-state index contributed by atoms with van der Waals surface area (Å²) >= 11 is 0. The molecule has 2 saturated heterocycles. The largest absolute Gasteiger partial charge is 0.467 e. The normalized spacial score (nSPS) is 21.7. The van der Waals surface area contributed by atoms with Crippen molar-refractivity contribution < 1.29 is 23.5 Å². The van der Waals surface area contributed by atoms with Crippen LogP contribution in [0.1, 0.15) is 62.1 Å². The predicted molar refractivity (Wildman–Crippen MR) is 170 cm³/mol. The summed E-state index contributed by atoms with van der Waals surface area (Å²) in [4.78, 5) is 50.6. The van der Waals surface area contributed by atoms with Crippen LogP contribution in [0.3, 0.4) is 0 Å². The number of nitrogens with zero attached hydrogens (tertiary/aromatic N) is 4. The number of aromatic nitrogens is 2. The molecule has 2 fully saturated rings. The maximum absolute atomic E-state index is 14.3. The van der Waals surface area contributed by atoms with Crippen molar-refractivity contribution in [2.45, 2.75) is 50.1 Å². The average molecular weight is 621 g/mol. The number of aryl methyl sites for hydroxylation is 1. The second kappa shape index (κ2) is 12.2. The molecule has 2 unspecified atom stereocenters. The van der Waals surface area contributed by atoms with Gasteiger partial charge in [-0.2, -0.15) is 0 Å². The topological polar surface area (TPSA) is 84.7 Å². The van der Waals surface area contributed by atoms with Gasteiger partial charge in [0.25, 0.3) is 11.8 Å². The van der Waals surface area contributed by atoms with Crippen LogP contribution >= 0.6 is 0 Å². The van der Waals surface area contributed by atoms with E-state index in [2.05, 4.69) is 9.55 Å². The molecule has 4 aromatic rings. The second-order valence-electron chi connectivity index (χ2n) is 12.6. The summed E-state index contributed by atoms with van der Waals surface area (Å²) in [5, 5.41) is 0. The summed E-state index contributed by atoms with van der Waals surface area (Å²) in [6.45, 7) is 2.35. The van der Waals surface area contributed by atoms with Crippen LogP contribution in [-0.4, -0.2) is 69.4 Å². The van der Waals surface area contributed by atoms with Gasteiger partial charge < -0.3 is 19.1 Å². The Morgan fingerprint density at radius 3 is 2.39 bits per heavy atom. The number of hydrogen-bond donors (Lipinski definition) is 0. The fourth-order valence-corrected chi connectivity index (χ4v) is 8.00. The van der Waals surface area contributed by atoms with Gasteiger partial charge in [-0.05, 0) is 78.8 Å². The molecule has 3 aliphatic rings. The lowest BCUT2D eigenvalue weighted by molar-refractivity contribution is -0.153. The van der Waals surface area contributed by atoms with Gasteiger partial charge >= 0.3 is 5.97 Å². The highest BCUT2D eigenvalue weighted by molar-refractivity contribution is 6.00. The Morgan fingerprint density at radius 1 is 0.957 bits per heavy atom. The molecule has 0 spiro atoms. The lowest BCUT2D eigenvalue weighted by atomic mass is 9.75. The van der Waals surface area contributed by atoms with Gasteiger partial charge in [0.1, 0.15) is 11.5 Å². The Balaban J connectivity index is 1.36. The summed E-state index contributed by atoms with van der Waals surface area (Å²) in [5.74, 6) is -1.66. The third-order valence-corrected chi connectivity index (χ3v) is 10.0. The molecule has 46 heavy (non-hydrogen) atoms. The quantitative estimate of drug-likeness (QED) is 0.257. The molecule has 0 radical (unpaired) electrons. The first-order valence-electron chi connectivity index (χ1n) is 16.0. The molecule has 4 heterocycles. The molecule has 7 rings (SSSR count). The number of pyridine rings is 1. The number of carbonyl (C=O) groups excluding carboxylic acids is 3. The summed E-state index contributed by atoms with van der Waals surface area (Å²) < 4.78 is 21.7. The zero-order valence-corrected chi connectivity index (χ0v) is 25.9. The molecule has 8 nitrogen and oxygen atoms in total. The summed E-state index contributed by atoms with van der Waals surface area (Å²) in [5.41, 5.74) is 3.26. The number of halogens is 1. The van der Waals surface area contributed by atoms with E-state index < -0.39 is 17.4 Å². The third kappa shape index (κ3) is 5.07. The molecule has 9 heteroatoms. The number of hydrogen-bond acceptors (Lipinski definition) is 5. The molecule has 0 N–H and O–H groups in total. The molecule has 0 bridgehead atoms. The summed E-state index contributed by atoms with van der Waals surface area (Å²) in [6.07, 6.45) is 5.13. The average Bonchev–Trinajstić information content (AvgIpc) is 3.88. The standard InChI is InChI=1S/C37H37FN4O4/c1-46-36(45)37(23-25-12-14-28(38)15-13-25)33-27(24-42(37)34(43)26-9-3-2-4-10-26)21-31-30(33)22-32(35(44)40-18-7-8-19-40)41(31)20-16-29-11-5-6-17-39-29/h2-6,9-15,17,22,27,33H,7-8,16,18-21,23-24H2,1H3/t27?,33?,37-/m1/s1. The number of amides is 2. The number of carbonyl (C=O) groups is 3. The van der Waals surface area contributed by atoms with Gasteiger partial charge in [0.05, 0.1) is 7.11 Å². The van der Waals surface area contributed by atoms with Crippen LogP contribution in [-0.2, 0) is 35.3 Å². The minimum Gasteiger partial charge on any atom is -0.467 e. The maximum atomic E-state index is 14.3. The fraction of sp³-hybridized carbons (Fsp3) is 0.351. The number of benzene rings is 2. The van der Waals surface area contributed by atoms with E-state index >= 15 is 0 Å². The third-order valence-electron chi connectivity index (χ3n) is 10.0. The van der Waals surface area contributed by atoms with Gasteiger partial charge in [0.15, 0.2) is 5.54 Å². The van der Waals surface area contributed by atoms with Crippen molar-refractivity contribution in [3.8, 4) is 0 Å². The zero-order valence-electron chi connectivity index (χ0n) is 25.9. The summed E-state index contributed by atoms with van der Waals surface area (Å²) in [6, 6.07) is 22.8. The Morgan fingerprint density at radius 2 is 1.70 bits per heavy atom. The first-order chi connectivity index (χ1) is 22.4. The smallest absolute Gasteiger partial charge is 0.332 e.